The van der Waals surface area contributed by atoms with Gasteiger partial charge in [0.1, 0.15) is 5.41 Å². The summed E-state index contributed by atoms with van der Waals surface area (Å²) >= 11 is 0. The van der Waals surface area contributed by atoms with Crippen LogP contribution in [0.25, 0.3) is 0 Å². The summed E-state index contributed by atoms with van der Waals surface area (Å²) in [5, 5.41) is 9.70. The first kappa shape index (κ1) is 15.9. The van der Waals surface area contributed by atoms with Crippen LogP contribution in [0.15, 0.2) is 30.3 Å². The van der Waals surface area contributed by atoms with E-state index in [0.29, 0.717) is 5.56 Å². The van der Waals surface area contributed by atoms with Crippen LogP contribution < -0.4 is 0 Å². The molecule has 23 heavy (non-hydrogen) atoms. The zero-order chi connectivity index (χ0) is 16.9. The van der Waals surface area contributed by atoms with Crippen molar-refractivity contribution in [3.63, 3.8) is 0 Å². The van der Waals surface area contributed by atoms with E-state index in [1.54, 1.807) is 24.3 Å². The van der Waals surface area contributed by atoms with E-state index in [4.69, 9.17) is 0 Å². The lowest BCUT2D eigenvalue weighted by atomic mass is 9.72. The van der Waals surface area contributed by atoms with Crippen molar-refractivity contribution in [3.8, 4) is 0 Å². The number of carboxylic acid groups (broad SMARTS) is 1. The highest BCUT2D eigenvalue weighted by molar-refractivity contribution is 5.88. The molecule has 1 aromatic rings. The van der Waals surface area contributed by atoms with Gasteiger partial charge >= 0.3 is 5.97 Å². The lowest BCUT2D eigenvalue weighted by Crippen LogP contribution is -2.51. The van der Waals surface area contributed by atoms with Crippen LogP contribution in [0, 0.1) is 5.41 Å². The number of piperidine rings is 1. The molecule has 1 aliphatic heterocycles. The average molecular weight is 323 g/mol. The molecule has 1 heterocycles. The lowest BCUT2D eigenvalue weighted by molar-refractivity contribution is -0.150. The Morgan fingerprint density at radius 3 is 2.09 bits per heavy atom. The number of likely N-dealkylation sites (tertiary alicyclic amines) is 1. The molecule has 4 nitrogen and oxygen atoms in total. The number of carbonyl (C=O) groups excluding carboxylic acids is 1. The Morgan fingerprint density at radius 2 is 1.65 bits per heavy atom. The summed E-state index contributed by atoms with van der Waals surface area (Å²) in [6.45, 7) is 1.66. The standard InChI is InChI=1S/C17H19F2NO3/c1-15(11-17(15,18)19)13(21)20-9-7-16(8-10-20,14(22)23)12-5-3-2-4-6-12/h2-6H,7-11H2,1H3,(H,22,23). The van der Waals surface area contributed by atoms with E-state index in [-0.39, 0.29) is 25.9 Å². The van der Waals surface area contributed by atoms with Crippen molar-refractivity contribution in [2.24, 2.45) is 5.41 Å². The summed E-state index contributed by atoms with van der Waals surface area (Å²) in [6, 6.07) is 8.91. The maximum absolute atomic E-state index is 13.4. The monoisotopic (exact) mass is 323 g/mol. The molecule has 0 bridgehead atoms. The van der Waals surface area contributed by atoms with Gasteiger partial charge in [0, 0.05) is 19.5 Å². The second-order valence-corrected chi connectivity index (χ2v) is 6.76. The van der Waals surface area contributed by atoms with Gasteiger partial charge in [-0.25, -0.2) is 8.78 Å². The number of hydrogen-bond donors (Lipinski definition) is 1. The van der Waals surface area contributed by atoms with Crippen molar-refractivity contribution in [1.29, 1.82) is 0 Å². The Kier molecular flexibility index (Phi) is 3.46. The Hall–Kier alpha value is -1.98. The molecule has 2 aliphatic rings. The predicted molar refractivity (Wildman–Crippen MR) is 79.2 cm³/mol. The van der Waals surface area contributed by atoms with E-state index in [0.717, 1.165) is 0 Å². The van der Waals surface area contributed by atoms with Crippen molar-refractivity contribution in [1.82, 2.24) is 4.90 Å². The van der Waals surface area contributed by atoms with E-state index < -0.39 is 35.0 Å². The molecule has 1 saturated heterocycles. The van der Waals surface area contributed by atoms with Crippen molar-refractivity contribution < 1.29 is 23.5 Å². The molecule has 2 fully saturated rings. The fourth-order valence-electron chi connectivity index (χ4n) is 3.46. The van der Waals surface area contributed by atoms with Crippen LogP contribution in [0.4, 0.5) is 8.78 Å². The molecule has 1 saturated carbocycles. The maximum Gasteiger partial charge on any atom is 0.314 e. The quantitative estimate of drug-likeness (QED) is 0.930. The molecular formula is C17H19F2NO3. The summed E-state index contributed by atoms with van der Waals surface area (Å²) < 4.78 is 26.8. The number of carboxylic acids is 1. The van der Waals surface area contributed by atoms with Gasteiger partial charge in [0.15, 0.2) is 0 Å². The van der Waals surface area contributed by atoms with Crippen LogP contribution in [0.2, 0.25) is 0 Å². The van der Waals surface area contributed by atoms with Gasteiger partial charge in [-0.05, 0) is 25.3 Å². The number of rotatable bonds is 3. The second-order valence-electron chi connectivity index (χ2n) is 6.76. The fourth-order valence-corrected chi connectivity index (χ4v) is 3.46. The van der Waals surface area contributed by atoms with E-state index in [9.17, 15) is 23.5 Å². The van der Waals surface area contributed by atoms with Crippen LogP contribution in [-0.2, 0) is 15.0 Å². The number of aliphatic carboxylic acids is 1. The summed E-state index contributed by atoms with van der Waals surface area (Å²) in [6.07, 6.45) is 0.0531. The Bertz CT molecular complexity index is 638. The van der Waals surface area contributed by atoms with E-state index in [1.807, 2.05) is 6.07 Å². The van der Waals surface area contributed by atoms with Gasteiger partial charge in [-0.1, -0.05) is 30.3 Å². The van der Waals surface area contributed by atoms with Crippen molar-refractivity contribution in [2.75, 3.05) is 13.1 Å². The summed E-state index contributed by atoms with van der Waals surface area (Å²) in [4.78, 5) is 25.5. The molecule has 0 aromatic heterocycles. The third kappa shape index (κ3) is 2.31. The summed E-state index contributed by atoms with van der Waals surface area (Å²) in [5.74, 6) is -4.43. The normalized spacial score (nSPS) is 28.2. The van der Waals surface area contributed by atoms with E-state index >= 15 is 0 Å². The Balaban J connectivity index is 1.77. The average Bonchev–Trinajstić information content (AvgIpc) is 3.07. The number of nitrogens with zero attached hydrogens (tertiary/aromatic N) is 1. The minimum Gasteiger partial charge on any atom is -0.481 e. The van der Waals surface area contributed by atoms with Gasteiger partial charge in [0.05, 0.1) is 5.41 Å². The Morgan fingerprint density at radius 1 is 1.13 bits per heavy atom. The predicted octanol–water partition coefficient (Wildman–Crippen LogP) is 2.68. The molecular weight excluding hydrogens is 304 g/mol. The third-order valence-corrected chi connectivity index (χ3v) is 5.37. The zero-order valence-electron chi connectivity index (χ0n) is 12.9. The topological polar surface area (TPSA) is 57.6 Å². The highest BCUT2D eigenvalue weighted by Gasteiger charge is 2.73. The number of benzene rings is 1. The van der Waals surface area contributed by atoms with Crippen LogP contribution in [0.5, 0.6) is 0 Å². The lowest BCUT2D eigenvalue weighted by Gasteiger charge is -2.40. The van der Waals surface area contributed by atoms with Gasteiger partial charge in [-0.2, -0.15) is 0 Å². The first-order chi connectivity index (χ1) is 10.7. The molecule has 0 spiro atoms. The van der Waals surface area contributed by atoms with Crippen LogP contribution in [0.3, 0.4) is 0 Å². The Labute approximate surface area is 133 Å². The third-order valence-electron chi connectivity index (χ3n) is 5.37. The molecule has 1 aliphatic carbocycles. The van der Waals surface area contributed by atoms with Gasteiger partial charge < -0.3 is 10.0 Å². The molecule has 1 aromatic carbocycles. The van der Waals surface area contributed by atoms with Crippen LogP contribution in [-0.4, -0.2) is 40.9 Å². The number of hydrogen-bond acceptors (Lipinski definition) is 2. The highest BCUT2D eigenvalue weighted by Crippen LogP contribution is 2.61. The van der Waals surface area contributed by atoms with Gasteiger partial charge in [0.2, 0.25) is 5.91 Å². The SMILES string of the molecule is CC1(C(=O)N2CCC(C(=O)O)(c3ccccc3)CC2)CC1(F)F. The first-order valence-electron chi connectivity index (χ1n) is 7.69. The number of alkyl halides is 2. The molecule has 6 heteroatoms. The number of halogens is 2. The van der Waals surface area contributed by atoms with Gasteiger partial charge in [0.25, 0.3) is 5.92 Å². The van der Waals surface area contributed by atoms with E-state index in [2.05, 4.69) is 0 Å². The number of carbonyl (C=O) groups is 2. The number of amides is 1. The molecule has 124 valence electrons. The van der Waals surface area contributed by atoms with Crippen LogP contribution in [0.1, 0.15) is 31.7 Å². The second kappa shape index (κ2) is 5.01. The zero-order valence-corrected chi connectivity index (χ0v) is 12.9. The highest BCUT2D eigenvalue weighted by atomic mass is 19.3. The van der Waals surface area contributed by atoms with Gasteiger partial charge in [-0.15, -0.1) is 0 Å². The van der Waals surface area contributed by atoms with Crippen LogP contribution >= 0.6 is 0 Å². The first-order valence-corrected chi connectivity index (χ1v) is 7.69. The van der Waals surface area contributed by atoms with Gasteiger partial charge in [-0.3, -0.25) is 9.59 Å². The minimum atomic E-state index is -2.94. The summed E-state index contributed by atoms with van der Waals surface area (Å²) in [7, 11) is 0. The fraction of sp³-hybridized carbons (Fsp3) is 0.529. The molecule has 3 rings (SSSR count). The molecule has 0 radical (unpaired) electrons. The molecule has 1 unspecified atom stereocenters. The van der Waals surface area contributed by atoms with Crippen molar-refractivity contribution >= 4 is 11.9 Å². The molecule has 1 atom stereocenters. The minimum absolute atomic E-state index is 0.186. The van der Waals surface area contributed by atoms with Crippen molar-refractivity contribution in [2.45, 2.75) is 37.5 Å². The molecule has 1 amide bonds. The van der Waals surface area contributed by atoms with Crippen molar-refractivity contribution in [3.05, 3.63) is 35.9 Å². The maximum atomic E-state index is 13.4. The summed E-state index contributed by atoms with van der Waals surface area (Å²) in [5.41, 5.74) is -1.96. The van der Waals surface area contributed by atoms with E-state index in [1.165, 1.54) is 11.8 Å². The smallest absolute Gasteiger partial charge is 0.314 e. The largest absolute Gasteiger partial charge is 0.481 e. The molecule has 1 N–H and O–H groups in total.